The number of fused-ring (bicyclic) bond motifs is 1. The lowest BCUT2D eigenvalue weighted by atomic mass is 9.99. The van der Waals surface area contributed by atoms with Crippen molar-refractivity contribution in [1.82, 2.24) is 4.90 Å². The molecule has 2 heterocycles. The van der Waals surface area contributed by atoms with Crippen molar-refractivity contribution in [3.05, 3.63) is 83.9 Å². The molecule has 204 valence electrons. The van der Waals surface area contributed by atoms with Crippen LogP contribution in [0.25, 0.3) is 20.5 Å². The van der Waals surface area contributed by atoms with Gasteiger partial charge in [-0.1, -0.05) is 30.3 Å². The van der Waals surface area contributed by atoms with Gasteiger partial charge in [-0.3, -0.25) is 9.69 Å². The van der Waals surface area contributed by atoms with Crippen LogP contribution < -0.4 is 9.47 Å². The summed E-state index contributed by atoms with van der Waals surface area (Å²) >= 11 is 1.85. The summed E-state index contributed by atoms with van der Waals surface area (Å²) in [5.74, 6) is 1.58. The fourth-order valence-electron chi connectivity index (χ4n) is 5.06. The van der Waals surface area contributed by atoms with Crippen LogP contribution in [0.3, 0.4) is 0 Å². The van der Waals surface area contributed by atoms with E-state index in [-0.39, 0.29) is 5.97 Å². The average molecular weight is 544 g/mol. The number of benzene rings is 3. The van der Waals surface area contributed by atoms with Crippen molar-refractivity contribution >= 4 is 27.4 Å². The van der Waals surface area contributed by atoms with Gasteiger partial charge in [0, 0.05) is 22.5 Å². The normalized spacial score (nSPS) is 13.6. The molecule has 0 aliphatic carbocycles. The first kappa shape index (κ1) is 27.2. The molecule has 3 aromatic carbocycles. The van der Waals surface area contributed by atoms with Crippen LogP contribution in [0.5, 0.6) is 11.5 Å². The molecule has 0 amide bonds. The summed E-state index contributed by atoms with van der Waals surface area (Å²) in [6.07, 6.45) is 4.49. The van der Waals surface area contributed by atoms with Gasteiger partial charge in [-0.25, -0.2) is 0 Å². The number of nitrogens with zero attached hydrogens (tertiary/aromatic N) is 1. The average Bonchev–Trinajstić information content (AvgIpc) is 3.61. The SMILES string of the molecule is CCOC(=O)CCCOc1ccc(Cc2c(-c3ccc(OCCN4CCCC4)cc3)sc3ccccc23)cc1. The Labute approximate surface area is 235 Å². The molecule has 1 fully saturated rings. The molecule has 1 aliphatic rings. The molecule has 39 heavy (non-hydrogen) atoms. The van der Waals surface area contributed by atoms with Crippen LogP contribution in [0.1, 0.15) is 43.7 Å². The van der Waals surface area contributed by atoms with Gasteiger partial charge in [0.1, 0.15) is 18.1 Å². The van der Waals surface area contributed by atoms with E-state index in [9.17, 15) is 4.79 Å². The van der Waals surface area contributed by atoms with Gasteiger partial charge < -0.3 is 14.2 Å². The maximum absolute atomic E-state index is 11.5. The maximum atomic E-state index is 11.5. The summed E-state index contributed by atoms with van der Waals surface area (Å²) in [5, 5.41) is 1.31. The fourth-order valence-corrected chi connectivity index (χ4v) is 6.28. The van der Waals surface area contributed by atoms with E-state index in [2.05, 4.69) is 65.6 Å². The van der Waals surface area contributed by atoms with Crippen LogP contribution in [0, 0.1) is 0 Å². The Balaban J connectivity index is 1.24. The lowest BCUT2D eigenvalue weighted by Gasteiger charge is -2.15. The summed E-state index contributed by atoms with van der Waals surface area (Å²) in [5.41, 5.74) is 3.81. The standard InChI is InChI=1S/C33H37NO4S/c1-2-36-32(35)10-7-22-37-27-15-11-25(12-16-27)24-30-29-8-3-4-9-31(29)39-33(30)26-13-17-28(18-14-26)38-23-21-34-19-5-6-20-34/h3-4,8-9,11-18H,2,5-7,10,19-24H2,1H3. The Morgan fingerprint density at radius 1 is 0.872 bits per heavy atom. The summed E-state index contributed by atoms with van der Waals surface area (Å²) in [7, 11) is 0. The number of hydrogen-bond acceptors (Lipinski definition) is 6. The molecule has 1 saturated heterocycles. The highest BCUT2D eigenvalue weighted by Crippen LogP contribution is 2.40. The summed E-state index contributed by atoms with van der Waals surface area (Å²) in [6.45, 7) is 6.86. The van der Waals surface area contributed by atoms with E-state index in [4.69, 9.17) is 14.2 Å². The molecule has 6 heteroatoms. The number of hydrogen-bond donors (Lipinski definition) is 0. The van der Waals surface area contributed by atoms with E-state index in [1.54, 1.807) is 0 Å². The van der Waals surface area contributed by atoms with Gasteiger partial charge in [0.25, 0.3) is 0 Å². The molecule has 0 N–H and O–H groups in total. The zero-order valence-electron chi connectivity index (χ0n) is 22.7. The minimum atomic E-state index is -0.171. The predicted molar refractivity (Wildman–Crippen MR) is 159 cm³/mol. The smallest absolute Gasteiger partial charge is 0.305 e. The number of thiophene rings is 1. The molecular weight excluding hydrogens is 506 g/mol. The minimum Gasteiger partial charge on any atom is -0.494 e. The molecular formula is C33H37NO4S. The van der Waals surface area contributed by atoms with E-state index >= 15 is 0 Å². The molecule has 0 saturated carbocycles. The summed E-state index contributed by atoms with van der Waals surface area (Å²) in [4.78, 5) is 15.3. The molecule has 1 aromatic heterocycles. The minimum absolute atomic E-state index is 0.171. The lowest BCUT2D eigenvalue weighted by Crippen LogP contribution is -2.25. The lowest BCUT2D eigenvalue weighted by molar-refractivity contribution is -0.143. The van der Waals surface area contributed by atoms with E-state index in [0.717, 1.165) is 31.1 Å². The van der Waals surface area contributed by atoms with Crippen LogP contribution in [0.15, 0.2) is 72.8 Å². The van der Waals surface area contributed by atoms with E-state index < -0.39 is 0 Å². The van der Waals surface area contributed by atoms with Gasteiger partial charge in [-0.2, -0.15) is 0 Å². The maximum Gasteiger partial charge on any atom is 0.305 e. The molecule has 0 atom stereocenters. The molecule has 0 bridgehead atoms. The number of carbonyl (C=O) groups is 1. The summed E-state index contributed by atoms with van der Waals surface area (Å²) < 4.78 is 18.1. The van der Waals surface area contributed by atoms with Crippen molar-refractivity contribution in [2.45, 2.75) is 39.0 Å². The van der Waals surface area contributed by atoms with Crippen LogP contribution >= 0.6 is 11.3 Å². The number of carbonyl (C=O) groups excluding carboxylic acids is 1. The predicted octanol–water partition coefficient (Wildman–Crippen LogP) is 7.36. The van der Waals surface area contributed by atoms with Gasteiger partial charge >= 0.3 is 5.97 Å². The van der Waals surface area contributed by atoms with Crippen LogP contribution in [-0.4, -0.2) is 50.3 Å². The molecule has 5 rings (SSSR count). The number of ether oxygens (including phenoxy) is 3. The second-order valence-corrected chi connectivity index (χ2v) is 11.0. The molecule has 5 nitrogen and oxygen atoms in total. The van der Waals surface area contributed by atoms with Crippen molar-refractivity contribution in [3.63, 3.8) is 0 Å². The highest BCUT2D eigenvalue weighted by Gasteiger charge is 2.15. The molecule has 0 unspecified atom stereocenters. The van der Waals surface area contributed by atoms with Gasteiger partial charge in [0.05, 0.1) is 13.2 Å². The quantitative estimate of drug-likeness (QED) is 0.130. The second kappa shape index (κ2) is 13.6. The second-order valence-electron chi connectivity index (χ2n) is 9.91. The van der Waals surface area contributed by atoms with Crippen molar-refractivity contribution in [2.75, 3.05) is 39.5 Å². The van der Waals surface area contributed by atoms with Gasteiger partial charge in [0.2, 0.25) is 0 Å². The van der Waals surface area contributed by atoms with E-state index in [1.165, 1.54) is 57.6 Å². The number of rotatable bonds is 13. The number of esters is 1. The van der Waals surface area contributed by atoms with Crippen molar-refractivity contribution < 1.29 is 19.0 Å². The van der Waals surface area contributed by atoms with Gasteiger partial charge in [-0.05, 0) is 110 Å². The van der Waals surface area contributed by atoms with Crippen molar-refractivity contribution in [2.24, 2.45) is 0 Å². The zero-order valence-corrected chi connectivity index (χ0v) is 23.5. The zero-order chi connectivity index (χ0) is 26.9. The summed E-state index contributed by atoms with van der Waals surface area (Å²) in [6, 6.07) is 25.5. The third-order valence-corrected chi connectivity index (χ3v) is 8.36. The first-order chi connectivity index (χ1) is 19.2. The van der Waals surface area contributed by atoms with Crippen LogP contribution in [-0.2, 0) is 16.0 Å². The van der Waals surface area contributed by atoms with Crippen LogP contribution in [0.4, 0.5) is 0 Å². The fraction of sp³-hybridized carbons (Fsp3) is 0.364. The highest BCUT2D eigenvalue weighted by molar-refractivity contribution is 7.22. The largest absolute Gasteiger partial charge is 0.494 e. The number of likely N-dealkylation sites (tertiary alicyclic amines) is 1. The Bertz CT molecular complexity index is 1340. The van der Waals surface area contributed by atoms with Crippen LogP contribution in [0.2, 0.25) is 0 Å². The Morgan fingerprint density at radius 2 is 1.56 bits per heavy atom. The molecule has 4 aromatic rings. The Hall–Kier alpha value is -3.35. The Morgan fingerprint density at radius 3 is 2.31 bits per heavy atom. The molecule has 0 spiro atoms. The first-order valence-electron chi connectivity index (χ1n) is 14.0. The Kier molecular flexibility index (Phi) is 9.52. The molecule has 0 radical (unpaired) electrons. The topological polar surface area (TPSA) is 48.0 Å². The van der Waals surface area contributed by atoms with E-state index in [0.29, 0.717) is 26.1 Å². The van der Waals surface area contributed by atoms with E-state index in [1.807, 2.05) is 30.4 Å². The van der Waals surface area contributed by atoms with Gasteiger partial charge in [-0.15, -0.1) is 11.3 Å². The third kappa shape index (κ3) is 7.40. The third-order valence-electron chi connectivity index (χ3n) is 7.09. The van der Waals surface area contributed by atoms with Gasteiger partial charge in [0.15, 0.2) is 0 Å². The highest BCUT2D eigenvalue weighted by atomic mass is 32.1. The first-order valence-corrected chi connectivity index (χ1v) is 14.8. The van der Waals surface area contributed by atoms with Crippen molar-refractivity contribution in [3.8, 4) is 21.9 Å². The monoisotopic (exact) mass is 543 g/mol. The molecule has 1 aliphatic heterocycles. The van der Waals surface area contributed by atoms with Crippen molar-refractivity contribution in [1.29, 1.82) is 0 Å².